The van der Waals surface area contributed by atoms with Crippen molar-refractivity contribution in [1.29, 1.82) is 0 Å². The van der Waals surface area contributed by atoms with Crippen molar-refractivity contribution >= 4 is 50.5 Å². The van der Waals surface area contributed by atoms with Gasteiger partial charge in [0.05, 0.1) is 17.4 Å². The van der Waals surface area contributed by atoms with E-state index in [0.717, 1.165) is 31.4 Å². The molecule has 2 aliphatic rings. The highest BCUT2D eigenvalue weighted by Crippen LogP contribution is 2.32. The number of aromatic nitrogens is 4. The monoisotopic (exact) mass is 611 g/mol. The molecule has 15 heteroatoms. The smallest absolute Gasteiger partial charge is 0.329 e. The van der Waals surface area contributed by atoms with Crippen molar-refractivity contribution in [3.8, 4) is 0 Å². The number of nitrogens with one attached hydrogen (secondary N) is 3. The van der Waals surface area contributed by atoms with Crippen LogP contribution in [0.2, 0.25) is 0 Å². The summed E-state index contributed by atoms with van der Waals surface area (Å²) in [5.41, 5.74) is 1.78. The number of piperazine rings is 1. The van der Waals surface area contributed by atoms with Gasteiger partial charge in [0.1, 0.15) is 11.5 Å². The van der Waals surface area contributed by atoms with Crippen LogP contribution < -0.4 is 25.8 Å². The molecule has 1 saturated carbocycles. The standard InChI is InChI=1S/C28H37N9O5S/c1-17(2)31-28(40)34-43(41,42)36-13-11-35(12-14-36)21-9-10-23(29-15-21)32-27-30-16-22-18(3)24(19(4)38)26(39)37(25(22)33-27)20-7-5-6-8-20/h9-10,15-17,20H,5-8,11-14H2,1-4H3,(H2,31,34,40)(H,29,30,32,33). The Morgan fingerprint density at radius 2 is 1.72 bits per heavy atom. The summed E-state index contributed by atoms with van der Waals surface area (Å²) in [4.78, 5) is 53.3. The highest BCUT2D eigenvalue weighted by Gasteiger charge is 2.29. The van der Waals surface area contributed by atoms with Crippen molar-refractivity contribution in [2.75, 3.05) is 36.4 Å². The maximum atomic E-state index is 13.4. The average Bonchev–Trinajstić information content (AvgIpc) is 3.47. The number of rotatable bonds is 8. The minimum atomic E-state index is -3.94. The summed E-state index contributed by atoms with van der Waals surface area (Å²) in [6.07, 6.45) is 7.07. The van der Waals surface area contributed by atoms with Crippen molar-refractivity contribution < 1.29 is 18.0 Å². The van der Waals surface area contributed by atoms with Gasteiger partial charge in [0, 0.05) is 49.8 Å². The maximum absolute atomic E-state index is 13.4. The molecule has 5 rings (SSSR count). The zero-order chi connectivity index (χ0) is 30.9. The summed E-state index contributed by atoms with van der Waals surface area (Å²) in [5, 5.41) is 6.29. The van der Waals surface area contributed by atoms with Crippen LogP contribution in [0.5, 0.6) is 0 Å². The zero-order valence-electron chi connectivity index (χ0n) is 24.8. The van der Waals surface area contributed by atoms with Crippen LogP contribution in [0.3, 0.4) is 0 Å². The lowest BCUT2D eigenvalue weighted by molar-refractivity contribution is 0.101. The van der Waals surface area contributed by atoms with Crippen molar-refractivity contribution in [2.24, 2.45) is 0 Å². The first-order valence-corrected chi connectivity index (χ1v) is 15.9. The minimum Gasteiger partial charge on any atom is -0.368 e. The molecule has 3 N–H and O–H groups in total. The van der Waals surface area contributed by atoms with Gasteiger partial charge in [-0.3, -0.25) is 14.2 Å². The average molecular weight is 612 g/mol. The van der Waals surface area contributed by atoms with E-state index < -0.39 is 16.2 Å². The summed E-state index contributed by atoms with van der Waals surface area (Å²) in [6, 6.07) is 2.69. The summed E-state index contributed by atoms with van der Waals surface area (Å²) >= 11 is 0. The summed E-state index contributed by atoms with van der Waals surface area (Å²) in [7, 11) is -3.94. The van der Waals surface area contributed by atoms with E-state index in [1.165, 1.54) is 11.2 Å². The molecule has 230 valence electrons. The lowest BCUT2D eigenvalue weighted by atomic mass is 10.0. The molecule has 2 fully saturated rings. The van der Waals surface area contributed by atoms with E-state index in [-0.39, 0.29) is 48.0 Å². The number of amides is 2. The van der Waals surface area contributed by atoms with Gasteiger partial charge in [0.25, 0.3) is 5.56 Å². The van der Waals surface area contributed by atoms with Gasteiger partial charge in [-0.2, -0.15) is 17.7 Å². The number of pyridine rings is 2. The first-order chi connectivity index (χ1) is 20.4. The molecule has 0 bridgehead atoms. The van der Waals surface area contributed by atoms with E-state index in [1.54, 1.807) is 43.8 Å². The fraction of sp³-hybridized carbons (Fsp3) is 0.500. The van der Waals surface area contributed by atoms with Crippen LogP contribution in [0.4, 0.5) is 22.2 Å². The van der Waals surface area contributed by atoms with Crippen molar-refractivity contribution in [1.82, 2.24) is 33.9 Å². The van der Waals surface area contributed by atoms with Crippen LogP contribution in [0, 0.1) is 6.92 Å². The van der Waals surface area contributed by atoms with Crippen LogP contribution >= 0.6 is 0 Å². The van der Waals surface area contributed by atoms with Crippen LogP contribution in [0.1, 0.15) is 68.4 Å². The molecule has 43 heavy (non-hydrogen) atoms. The molecular formula is C28H37N9O5S. The summed E-state index contributed by atoms with van der Waals surface area (Å²) in [6.45, 7) is 7.93. The number of carbonyl (C=O) groups excluding carboxylic acids is 2. The summed E-state index contributed by atoms with van der Waals surface area (Å²) in [5.74, 6) is 0.509. The Morgan fingerprint density at radius 1 is 1.02 bits per heavy atom. The Bertz CT molecular complexity index is 1690. The molecule has 0 aromatic carbocycles. The molecule has 3 aromatic heterocycles. The number of hydrogen-bond donors (Lipinski definition) is 3. The maximum Gasteiger partial charge on any atom is 0.329 e. The normalized spacial score (nSPS) is 16.5. The predicted molar refractivity (Wildman–Crippen MR) is 163 cm³/mol. The van der Waals surface area contributed by atoms with Gasteiger partial charge in [0.15, 0.2) is 5.78 Å². The van der Waals surface area contributed by atoms with E-state index in [4.69, 9.17) is 4.98 Å². The number of Topliss-reactive ketones (excluding diaryl/α,β-unsaturated/α-hetero) is 1. The lowest BCUT2D eigenvalue weighted by Crippen LogP contribution is -2.54. The molecule has 2 amide bonds. The number of hydrogen-bond acceptors (Lipinski definition) is 10. The van der Waals surface area contributed by atoms with E-state index in [1.807, 2.05) is 15.7 Å². The van der Waals surface area contributed by atoms with Gasteiger partial charge >= 0.3 is 16.2 Å². The third-order valence-corrected chi connectivity index (χ3v) is 9.31. The lowest BCUT2D eigenvalue weighted by Gasteiger charge is -2.35. The Hall–Kier alpha value is -4.11. The molecule has 14 nitrogen and oxygen atoms in total. The number of ketones is 1. The third-order valence-electron chi connectivity index (χ3n) is 7.82. The van der Waals surface area contributed by atoms with Gasteiger partial charge in [0.2, 0.25) is 5.95 Å². The van der Waals surface area contributed by atoms with Crippen LogP contribution in [-0.2, 0) is 10.2 Å². The molecule has 0 unspecified atom stereocenters. The predicted octanol–water partition coefficient (Wildman–Crippen LogP) is 2.63. The first-order valence-electron chi connectivity index (χ1n) is 14.4. The second-order valence-corrected chi connectivity index (χ2v) is 12.9. The second kappa shape index (κ2) is 12.2. The molecule has 0 atom stereocenters. The fourth-order valence-electron chi connectivity index (χ4n) is 5.73. The Morgan fingerprint density at radius 3 is 2.33 bits per heavy atom. The van der Waals surface area contributed by atoms with Gasteiger partial charge in [-0.15, -0.1) is 0 Å². The first kappa shape index (κ1) is 30.4. The molecule has 3 aromatic rings. The van der Waals surface area contributed by atoms with Crippen LogP contribution in [-0.4, -0.2) is 76.3 Å². The minimum absolute atomic E-state index is 0.0164. The van der Waals surface area contributed by atoms with Gasteiger partial charge in [-0.05, 0) is 58.2 Å². The van der Waals surface area contributed by atoms with Gasteiger partial charge in [-0.1, -0.05) is 12.8 Å². The quantitative estimate of drug-likeness (QED) is 0.322. The van der Waals surface area contributed by atoms with Gasteiger partial charge < -0.3 is 15.5 Å². The molecule has 1 aliphatic carbocycles. The van der Waals surface area contributed by atoms with Crippen molar-refractivity contribution in [2.45, 2.75) is 65.5 Å². The number of urea groups is 1. The van der Waals surface area contributed by atoms with E-state index in [2.05, 4.69) is 20.6 Å². The topological polar surface area (TPSA) is 172 Å². The van der Waals surface area contributed by atoms with Crippen LogP contribution in [0.25, 0.3) is 11.0 Å². The number of aryl methyl sites for hydroxylation is 1. The van der Waals surface area contributed by atoms with E-state index in [9.17, 15) is 22.8 Å². The second-order valence-electron chi connectivity index (χ2n) is 11.2. The third kappa shape index (κ3) is 6.46. The largest absolute Gasteiger partial charge is 0.368 e. The van der Waals surface area contributed by atoms with E-state index >= 15 is 0 Å². The van der Waals surface area contributed by atoms with Crippen molar-refractivity contribution in [3.05, 3.63) is 46.0 Å². The highest BCUT2D eigenvalue weighted by atomic mass is 32.2. The highest BCUT2D eigenvalue weighted by molar-refractivity contribution is 7.87. The number of nitrogens with zero attached hydrogens (tertiary/aromatic N) is 6. The molecule has 1 saturated heterocycles. The molecule has 0 radical (unpaired) electrons. The molecular weight excluding hydrogens is 574 g/mol. The fourth-order valence-corrected chi connectivity index (χ4v) is 6.80. The zero-order valence-corrected chi connectivity index (χ0v) is 25.6. The number of carbonyl (C=O) groups is 2. The molecule has 0 spiro atoms. The Labute approximate surface area is 250 Å². The van der Waals surface area contributed by atoms with Gasteiger partial charge in [-0.25, -0.2) is 19.5 Å². The van der Waals surface area contributed by atoms with E-state index in [0.29, 0.717) is 35.5 Å². The SMILES string of the molecule is CC(=O)c1c(C)c2cnc(Nc3ccc(N4CCN(S(=O)(=O)NC(=O)NC(C)C)CC4)cn3)nc2n(C2CCCC2)c1=O. The number of fused-ring (bicyclic) bond motifs is 1. The van der Waals surface area contributed by atoms with Crippen LogP contribution in [0.15, 0.2) is 29.3 Å². The number of anilines is 3. The Balaban J connectivity index is 1.30. The van der Waals surface area contributed by atoms with Crippen molar-refractivity contribution in [3.63, 3.8) is 0 Å². The Kier molecular flexibility index (Phi) is 8.64. The molecule has 4 heterocycles. The summed E-state index contributed by atoms with van der Waals surface area (Å²) < 4.78 is 30.1. The molecule has 1 aliphatic heterocycles.